The number of hydrogen-bond donors (Lipinski definition) is 0. The van der Waals surface area contributed by atoms with E-state index in [4.69, 9.17) is 0 Å². The molecule has 2 rings (SSSR count). The molecule has 0 aromatic carbocycles. The molecule has 0 unspecified atom stereocenters. The van der Waals surface area contributed by atoms with E-state index in [0.29, 0.717) is 0 Å². The molecular weight excluding hydrogens is 168 g/mol. The summed E-state index contributed by atoms with van der Waals surface area (Å²) >= 11 is 0. The summed E-state index contributed by atoms with van der Waals surface area (Å²) < 4.78 is 0. The molecule has 0 saturated heterocycles. The average molecular weight is 184 g/mol. The first-order valence-corrected chi connectivity index (χ1v) is 5.22. The zero-order valence-electron chi connectivity index (χ0n) is 8.55. The van der Waals surface area contributed by atoms with Crippen molar-refractivity contribution in [3.05, 3.63) is 59.8 Å². The Bertz CT molecular complexity index is 361. The lowest BCUT2D eigenvalue weighted by Crippen LogP contribution is -2.06. The van der Waals surface area contributed by atoms with E-state index in [-0.39, 0.29) is 0 Å². The van der Waals surface area contributed by atoms with Gasteiger partial charge in [0.1, 0.15) is 0 Å². The highest BCUT2D eigenvalue weighted by atomic mass is 14.2. The molecule has 72 valence electrons. The lowest BCUT2D eigenvalue weighted by molar-refractivity contribution is 0.839. The highest BCUT2D eigenvalue weighted by Crippen LogP contribution is 2.37. The Kier molecular flexibility index (Phi) is 2.53. The lowest BCUT2D eigenvalue weighted by atomic mass is 9.80. The first-order valence-electron chi connectivity index (χ1n) is 5.22. The van der Waals surface area contributed by atoms with Gasteiger partial charge in [0.05, 0.1) is 0 Å². The molecule has 0 bridgehead atoms. The van der Waals surface area contributed by atoms with Crippen molar-refractivity contribution in [1.29, 1.82) is 0 Å². The van der Waals surface area contributed by atoms with E-state index in [1.54, 1.807) is 0 Å². The quantitative estimate of drug-likeness (QED) is 0.575. The molecule has 0 nitrogen and oxygen atoms in total. The minimum absolute atomic E-state index is 1.12. The minimum atomic E-state index is 1.12. The van der Waals surface area contributed by atoms with Gasteiger partial charge in [0, 0.05) is 0 Å². The molecule has 0 heterocycles. The molecule has 14 heavy (non-hydrogen) atoms. The molecule has 0 aromatic heterocycles. The standard InChI is InChI=1S/C14H16/c1-3-6-12-9-10-13-7-4-5-8-14(13)11(12)2/h3-4,6-7H,1-2,5,8-10H2/b12-6-. The topological polar surface area (TPSA) is 0 Å². The van der Waals surface area contributed by atoms with Crippen LogP contribution in [0.1, 0.15) is 25.7 Å². The molecule has 0 atom stereocenters. The second-order valence-electron chi connectivity index (χ2n) is 3.85. The first kappa shape index (κ1) is 9.26. The van der Waals surface area contributed by atoms with Crippen molar-refractivity contribution in [1.82, 2.24) is 0 Å². The van der Waals surface area contributed by atoms with Crippen molar-refractivity contribution >= 4 is 0 Å². The molecular formula is C14H16. The van der Waals surface area contributed by atoms with Crippen molar-refractivity contribution in [3.8, 4) is 0 Å². The van der Waals surface area contributed by atoms with Gasteiger partial charge in [-0.2, -0.15) is 0 Å². The molecule has 2 aliphatic carbocycles. The van der Waals surface area contributed by atoms with E-state index in [9.17, 15) is 0 Å². The normalized spacial score (nSPS) is 24.0. The monoisotopic (exact) mass is 184 g/mol. The Labute approximate surface area is 86.0 Å². The third-order valence-electron chi connectivity index (χ3n) is 3.00. The van der Waals surface area contributed by atoms with Crippen LogP contribution in [0.2, 0.25) is 0 Å². The highest BCUT2D eigenvalue weighted by molar-refractivity contribution is 5.54. The van der Waals surface area contributed by atoms with Crippen LogP contribution in [0, 0.1) is 0 Å². The van der Waals surface area contributed by atoms with Crippen molar-refractivity contribution in [2.45, 2.75) is 25.7 Å². The van der Waals surface area contributed by atoms with Crippen molar-refractivity contribution in [2.24, 2.45) is 0 Å². The summed E-state index contributed by atoms with van der Waals surface area (Å²) in [5, 5.41) is 0. The van der Waals surface area contributed by atoms with Gasteiger partial charge in [-0.1, -0.05) is 37.5 Å². The van der Waals surface area contributed by atoms with Crippen LogP contribution in [0.3, 0.4) is 0 Å². The van der Waals surface area contributed by atoms with Crippen LogP contribution in [0.5, 0.6) is 0 Å². The van der Waals surface area contributed by atoms with E-state index in [1.165, 1.54) is 41.6 Å². The smallest absolute Gasteiger partial charge is 0.0232 e. The van der Waals surface area contributed by atoms with Gasteiger partial charge in [-0.05, 0) is 48.0 Å². The van der Waals surface area contributed by atoms with Crippen molar-refractivity contribution in [2.75, 3.05) is 0 Å². The van der Waals surface area contributed by atoms with Gasteiger partial charge in [-0.15, -0.1) is 0 Å². The van der Waals surface area contributed by atoms with Crippen LogP contribution in [0.4, 0.5) is 0 Å². The van der Waals surface area contributed by atoms with Gasteiger partial charge < -0.3 is 0 Å². The second-order valence-corrected chi connectivity index (χ2v) is 3.85. The van der Waals surface area contributed by atoms with Crippen LogP contribution >= 0.6 is 0 Å². The molecule has 0 fully saturated rings. The first-order chi connectivity index (χ1) is 6.83. The number of allylic oxidation sites excluding steroid dienone is 8. The maximum absolute atomic E-state index is 4.19. The van der Waals surface area contributed by atoms with E-state index >= 15 is 0 Å². The Balaban J connectivity index is 2.35. The third-order valence-corrected chi connectivity index (χ3v) is 3.00. The number of hydrogen-bond acceptors (Lipinski definition) is 0. The van der Waals surface area contributed by atoms with Crippen molar-refractivity contribution in [3.63, 3.8) is 0 Å². The molecule has 0 amide bonds. The highest BCUT2D eigenvalue weighted by Gasteiger charge is 2.19. The molecule has 2 aliphatic rings. The molecule has 0 aromatic rings. The number of rotatable bonds is 1. The molecule has 0 saturated carbocycles. The zero-order valence-corrected chi connectivity index (χ0v) is 8.55. The van der Waals surface area contributed by atoms with Gasteiger partial charge >= 0.3 is 0 Å². The van der Waals surface area contributed by atoms with Gasteiger partial charge in [0.15, 0.2) is 0 Å². The van der Waals surface area contributed by atoms with Crippen LogP contribution in [-0.2, 0) is 0 Å². The van der Waals surface area contributed by atoms with Crippen LogP contribution < -0.4 is 0 Å². The lowest BCUT2D eigenvalue weighted by Gasteiger charge is -2.25. The predicted octanol–water partition coefficient (Wildman–Crippen LogP) is 4.10. The predicted molar refractivity (Wildman–Crippen MR) is 62.1 cm³/mol. The van der Waals surface area contributed by atoms with Gasteiger partial charge in [-0.3, -0.25) is 0 Å². The Hall–Kier alpha value is -1.30. The van der Waals surface area contributed by atoms with Gasteiger partial charge in [0.2, 0.25) is 0 Å². The van der Waals surface area contributed by atoms with E-state index in [2.05, 4.69) is 31.4 Å². The van der Waals surface area contributed by atoms with E-state index in [1.807, 2.05) is 6.08 Å². The van der Waals surface area contributed by atoms with E-state index < -0.39 is 0 Å². The third kappa shape index (κ3) is 1.52. The minimum Gasteiger partial charge on any atom is -0.0991 e. The molecule has 0 spiro atoms. The summed E-state index contributed by atoms with van der Waals surface area (Å²) in [6, 6.07) is 0. The van der Waals surface area contributed by atoms with Crippen LogP contribution in [-0.4, -0.2) is 0 Å². The van der Waals surface area contributed by atoms with Gasteiger partial charge in [-0.25, -0.2) is 0 Å². The Morgan fingerprint density at radius 2 is 2.07 bits per heavy atom. The van der Waals surface area contributed by atoms with Crippen LogP contribution in [0.15, 0.2) is 59.8 Å². The summed E-state index contributed by atoms with van der Waals surface area (Å²) in [5.74, 6) is 0. The fraction of sp³-hybridized carbons (Fsp3) is 0.286. The maximum Gasteiger partial charge on any atom is -0.0232 e. The molecule has 0 aliphatic heterocycles. The van der Waals surface area contributed by atoms with Gasteiger partial charge in [0.25, 0.3) is 0 Å². The summed E-state index contributed by atoms with van der Waals surface area (Å²) in [6.07, 6.45) is 13.1. The largest absolute Gasteiger partial charge is 0.0991 e. The molecule has 0 heteroatoms. The fourth-order valence-electron chi connectivity index (χ4n) is 2.23. The van der Waals surface area contributed by atoms with E-state index in [0.717, 1.165) is 6.42 Å². The summed E-state index contributed by atoms with van der Waals surface area (Å²) in [4.78, 5) is 0. The average Bonchev–Trinajstić information content (AvgIpc) is 2.23. The maximum atomic E-state index is 4.19. The van der Waals surface area contributed by atoms with Crippen LogP contribution in [0.25, 0.3) is 0 Å². The summed E-state index contributed by atoms with van der Waals surface area (Å²) in [5.41, 5.74) is 5.60. The summed E-state index contributed by atoms with van der Waals surface area (Å²) in [7, 11) is 0. The Morgan fingerprint density at radius 3 is 2.86 bits per heavy atom. The van der Waals surface area contributed by atoms with Crippen molar-refractivity contribution < 1.29 is 0 Å². The molecule has 0 N–H and O–H groups in total. The zero-order chi connectivity index (χ0) is 9.97. The Morgan fingerprint density at radius 1 is 1.21 bits per heavy atom. The fourth-order valence-corrected chi connectivity index (χ4v) is 2.23. The SMILES string of the molecule is C=C/C=C1/CCC2=C(CCC=C2)C1=C. The molecule has 0 radical (unpaired) electrons. The second kappa shape index (κ2) is 3.83. The summed E-state index contributed by atoms with van der Waals surface area (Å²) in [6.45, 7) is 7.94.